The van der Waals surface area contributed by atoms with Gasteiger partial charge < -0.3 is 9.80 Å². The number of pyridine rings is 1. The fourth-order valence-electron chi connectivity index (χ4n) is 2.21. The Morgan fingerprint density at radius 2 is 1.74 bits per heavy atom. The minimum absolute atomic E-state index is 0.268. The summed E-state index contributed by atoms with van der Waals surface area (Å²) < 4.78 is 13.7. The Kier molecular flexibility index (Phi) is 3.22. The Morgan fingerprint density at radius 3 is 2.42 bits per heavy atom. The second kappa shape index (κ2) is 5.17. The van der Waals surface area contributed by atoms with E-state index in [0.717, 1.165) is 32.0 Å². The van der Waals surface area contributed by atoms with Gasteiger partial charge in [0, 0.05) is 44.8 Å². The van der Waals surface area contributed by atoms with Crippen LogP contribution in [0.25, 0.3) is 0 Å². The van der Waals surface area contributed by atoms with Crippen LogP contribution < -0.4 is 9.80 Å². The lowest BCUT2D eigenvalue weighted by atomic mass is 10.3. The van der Waals surface area contributed by atoms with Crippen molar-refractivity contribution in [2.24, 2.45) is 0 Å². The van der Waals surface area contributed by atoms with Gasteiger partial charge in [-0.2, -0.15) is 0 Å². The molecule has 0 bridgehead atoms. The lowest BCUT2D eigenvalue weighted by Gasteiger charge is -2.35. The maximum atomic E-state index is 13.7. The van der Waals surface area contributed by atoms with Crippen molar-refractivity contribution >= 4 is 11.6 Å². The van der Waals surface area contributed by atoms with Gasteiger partial charge in [-0.05, 0) is 12.1 Å². The van der Waals surface area contributed by atoms with E-state index in [4.69, 9.17) is 0 Å². The molecule has 1 saturated heterocycles. The third kappa shape index (κ3) is 2.47. The molecule has 0 amide bonds. The minimum Gasteiger partial charge on any atom is -0.352 e. The molecule has 3 heterocycles. The highest BCUT2D eigenvalue weighted by atomic mass is 19.1. The number of piperazine rings is 1. The molecule has 1 fully saturated rings. The molecule has 0 unspecified atom stereocenters. The summed E-state index contributed by atoms with van der Waals surface area (Å²) in [6, 6.07) is 3.05. The number of hydrogen-bond donors (Lipinski definition) is 0. The van der Waals surface area contributed by atoms with Gasteiger partial charge in [0.25, 0.3) is 0 Å². The molecular formula is C13H14FN5. The number of nitrogens with zero attached hydrogens (tertiary/aromatic N) is 5. The summed E-state index contributed by atoms with van der Waals surface area (Å²) in [5.74, 6) is 1.03. The fraction of sp³-hybridized carbons (Fsp3) is 0.308. The first kappa shape index (κ1) is 11.8. The number of rotatable bonds is 2. The number of halogens is 1. The first-order valence-electron chi connectivity index (χ1n) is 6.21. The molecule has 1 aliphatic heterocycles. The van der Waals surface area contributed by atoms with Crippen molar-refractivity contribution in [3.63, 3.8) is 0 Å². The van der Waals surface area contributed by atoms with Crippen LogP contribution >= 0.6 is 0 Å². The summed E-state index contributed by atoms with van der Waals surface area (Å²) in [7, 11) is 0. The van der Waals surface area contributed by atoms with E-state index < -0.39 is 0 Å². The zero-order valence-electron chi connectivity index (χ0n) is 10.4. The first-order valence-corrected chi connectivity index (χ1v) is 6.21. The van der Waals surface area contributed by atoms with Crippen molar-refractivity contribution in [3.8, 4) is 0 Å². The molecule has 2 aromatic heterocycles. The molecule has 0 aromatic carbocycles. The molecule has 2 aromatic rings. The summed E-state index contributed by atoms with van der Waals surface area (Å²) in [4.78, 5) is 16.5. The Balaban J connectivity index is 1.69. The molecule has 0 N–H and O–H groups in total. The van der Waals surface area contributed by atoms with E-state index in [9.17, 15) is 4.39 Å². The lowest BCUT2D eigenvalue weighted by molar-refractivity contribution is 0.586. The van der Waals surface area contributed by atoms with Crippen molar-refractivity contribution in [1.82, 2.24) is 15.0 Å². The Labute approximate surface area is 110 Å². The van der Waals surface area contributed by atoms with Crippen LogP contribution in [0.1, 0.15) is 0 Å². The van der Waals surface area contributed by atoms with Gasteiger partial charge in [-0.25, -0.2) is 14.4 Å². The monoisotopic (exact) mass is 259 g/mol. The van der Waals surface area contributed by atoms with E-state index in [2.05, 4.69) is 19.9 Å². The Bertz CT molecular complexity index is 540. The zero-order valence-corrected chi connectivity index (χ0v) is 10.4. The van der Waals surface area contributed by atoms with Crippen LogP contribution in [-0.2, 0) is 0 Å². The minimum atomic E-state index is -0.268. The van der Waals surface area contributed by atoms with E-state index in [1.165, 1.54) is 6.07 Å². The summed E-state index contributed by atoms with van der Waals surface area (Å²) in [6.45, 7) is 3.03. The van der Waals surface area contributed by atoms with Crippen molar-refractivity contribution in [2.75, 3.05) is 36.0 Å². The average Bonchev–Trinajstić information content (AvgIpc) is 2.49. The lowest BCUT2D eigenvalue weighted by Crippen LogP contribution is -2.47. The molecule has 5 nitrogen and oxygen atoms in total. The summed E-state index contributed by atoms with van der Waals surface area (Å²) >= 11 is 0. The standard InChI is InChI=1S/C13H14FN5/c14-11-2-1-3-17-13(11)19-8-6-18(7-9-19)12-10-15-4-5-16-12/h1-5,10H,6-9H2. The molecule has 0 radical (unpaired) electrons. The second-order valence-electron chi connectivity index (χ2n) is 4.35. The van der Waals surface area contributed by atoms with Crippen molar-refractivity contribution in [2.45, 2.75) is 0 Å². The normalized spacial score (nSPS) is 15.6. The van der Waals surface area contributed by atoms with Gasteiger partial charge in [-0.1, -0.05) is 0 Å². The molecule has 0 aliphatic carbocycles. The van der Waals surface area contributed by atoms with E-state index in [1.807, 2.05) is 4.90 Å². The summed E-state index contributed by atoms with van der Waals surface area (Å²) in [5, 5.41) is 0. The molecule has 0 saturated carbocycles. The van der Waals surface area contributed by atoms with Crippen LogP contribution in [-0.4, -0.2) is 41.1 Å². The third-order valence-corrected chi connectivity index (χ3v) is 3.19. The maximum absolute atomic E-state index is 13.7. The van der Waals surface area contributed by atoms with Crippen LogP contribution in [0, 0.1) is 5.82 Å². The molecule has 0 spiro atoms. The predicted octanol–water partition coefficient (Wildman–Crippen LogP) is 1.34. The summed E-state index contributed by atoms with van der Waals surface area (Å²) in [6.07, 6.45) is 6.70. The first-order chi connectivity index (χ1) is 9.34. The zero-order chi connectivity index (χ0) is 13.1. The van der Waals surface area contributed by atoms with Gasteiger partial charge in [-0.15, -0.1) is 0 Å². The van der Waals surface area contributed by atoms with Gasteiger partial charge in [-0.3, -0.25) is 4.98 Å². The molecule has 1 aliphatic rings. The smallest absolute Gasteiger partial charge is 0.165 e. The van der Waals surface area contributed by atoms with Crippen molar-refractivity contribution in [3.05, 3.63) is 42.7 Å². The van der Waals surface area contributed by atoms with Crippen LogP contribution in [0.15, 0.2) is 36.9 Å². The van der Waals surface area contributed by atoms with Crippen LogP contribution in [0.2, 0.25) is 0 Å². The molecule has 3 rings (SSSR count). The highest BCUT2D eigenvalue weighted by molar-refractivity contribution is 5.44. The van der Waals surface area contributed by atoms with Crippen LogP contribution in [0.3, 0.4) is 0 Å². The van der Waals surface area contributed by atoms with Crippen molar-refractivity contribution < 1.29 is 4.39 Å². The predicted molar refractivity (Wildman–Crippen MR) is 70.7 cm³/mol. The molecular weight excluding hydrogens is 245 g/mol. The Morgan fingerprint density at radius 1 is 0.947 bits per heavy atom. The quantitative estimate of drug-likeness (QED) is 0.814. The van der Waals surface area contributed by atoms with E-state index in [-0.39, 0.29) is 5.82 Å². The second-order valence-corrected chi connectivity index (χ2v) is 4.35. The largest absolute Gasteiger partial charge is 0.352 e. The molecule has 0 atom stereocenters. The van der Waals surface area contributed by atoms with E-state index >= 15 is 0 Å². The van der Waals surface area contributed by atoms with Crippen molar-refractivity contribution in [1.29, 1.82) is 0 Å². The van der Waals surface area contributed by atoms with Gasteiger partial charge in [0.05, 0.1) is 6.20 Å². The molecule has 19 heavy (non-hydrogen) atoms. The molecule has 6 heteroatoms. The highest BCUT2D eigenvalue weighted by Crippen LogP contribution is 2.19. The SMILES string of the molecule is Fc1cccnc1N1CCN(c2cnccn2)CC1. The van der Waals surface area contributed by atoms with Gasteiger partial charge >= 0.3 is 0 Å². The third-order valence-electron chi connectivity index (χ3n) is 3.19. The number of hydrogen-bond acceptors (Lipinski definition) is 5. The number of aromatic nitrogens is 3. The fourth-order valence-corrected chi connectivity index (χ4v) is 2.21. The summed E-state index contributed by atoms with van der Waals surface area (Å²) in [5.41, 5.74) is 0. The van der Waals surface area contributed by atoms with E-state index in [1.54, 1.807) is 30.9 Å². The van der Waals surface area contributed by atoms with Gasteiger partial charge in [0.2, 0.25) is 0 Å². The van der Waals surface area contributed by atoms with Gasteiger partial charge in [0.15, 0.2) is 11.6 Å². The number of anilines is 2. The topological polar surface area (TPSA) is 45.2 Å². The average molecular weight is 259 g/mol. The van der Waals surface area contributed by atoms with Gasteiger partial charge in [0.1, 0.15) is 5.82 Å². The Hall–Kier alpha value is -2.24. The van der Waals surface area contributed by atoms with Crippen LogP contribution in [0.5, 0.6) is 0 Å². The highest BCUT2D eigenvalue weighted by Gasteiger charge is 2.20. The maximum Gasteiger partial charge on any atom is 0.165 e. The molecule has 98 valence electrons. The van der Waals surface area contributed by atoms with Crippen LogP contribution in [0.4, 0.5) is 16.0 Å². The van der Waals surface area contributed by atoms with E-state index in [0.29, 0.717) is 5.82 Å².